The van der Waals surface area contributed by atoms with Crippen molar-refractivity contribution in [3.63, 3.8) is 0 Å². The predicted molar refractivity (Wildman–Crippen MR) is 89.7 cm³/mol. The van der Waals surface area contributed by atoms with Crippen LogP contribution in [0.5, 0.6) is 0 Å². The second-order valence-electron chi connectivity index (χ2n) is 6.25. The third-order valence-electron chi connectivity index (χ3n) is 4.40. The maximum absolute atomic E-state index is 14.5. The molecule has 0 fully saturated rings. The van der Waals surface area contributed by atoms with Crippen molar-refractivity contribution >= 4 is 15.9 Å². The van der Waals surface area contributed by atoms with Gasteiger partial charge in [0.05, 0.1) is 5.56 Å². The van der Waals surface area contributed by atoms with E-state index in [9.17, 15) is 39.6 Å². The molecule has 1 unspecified atom stereocenters. The third kappa shape index (κ3) is 4.30. The van der Waals surface area contributed by atoms with E-state index in [1.165, 1.54) is 12.1 Å². The third-order valence-corrected chi connectivity index (χ3v) is 5.30. The van der Waals surface area contributed by atoms with E-state index in [0.29, 0.717) is 0 Å². The zero-order valence-electron chi connectivity index (χ0n) is 14.9. The normalized spacial score (nSPS) is 13.4. The summed E-state index contributed by atoms with van der Waals surface area (Å²) in [5.41, 5.74) is -4.41. The van der Waals surface area contributed by atoms with Crippen LogP contribution in [0.2, 0.25) is 0 Å². The summed E-state index contributed by atoms with van der Waals surface area (Å²) in [4.78, 5) is 9.78. The number of ketones is 1. The molecule has 4 nitrogen and oxygen atoms in total. The van der Waals surface area contributed by atoms with Crippen molar-refractivity contribution in [2.75, 3.05) is 0 Å². The van der Waals surface area contributed by atoms with Gasteiger partial charge in [0, 0.05) is 5.56 Å². The average Bonchev–Trinajstić information content (AvgIpc) is 2.61. The Morgan fingerprint density at radius 1 is 1.03 bits per heavy atom. The molecule has 0 saturated heterocycles. The largest absolute Gasteiger partial charge is 0.420 e. The van der Waals surface area contributed by atoms with Crippen LogP contribution in [0.15, 0.2) is 29.2 Å². The molecule has 1 N–H and O–H groups in total. The second kappa shape index (κ2) is 7.79. The molecule has 0 aliphatic heterocycles. The quantitative estimate of drug-likeness (QED) is 0.304. The summed E-state index contributed by atoms with van der Waals surface area (Å²) >= 11 is 0. The lowest BCUT2D eigenvalue weighted by Crippen LogP contribution is -2.22. The highest BCUT2D eigenvalue weighted by atomic mass is 32.2. The first-order valence-corrected chi connectivity index (χ1v) is 9.55. The van der Waals surface area contributed by atoms with Gasteiger partial charge in [-0.15, -0.1) is 0 Å². The molecule has 158 valence electrons. The SMILES string of the molecule is CCC(C)c1ccc(C(=O)c2c(F)c(F)c(S(=O)(=O)O)c(C(F)(F)F)c2F)cc1. The molecule has 0 bridgehead atoms. The average molecular weight is 440 g/mol. The van der Waals surface area contributed by atoms with E-state index < -0.39 is 61.1 Å². The number of rotatable bonds is 5. The lowest BCUT2D eigenvalue weighted by Gasteiger charge is -2.16. The van der Waals surface area contributed by atoms with Crippen molar-refractivity contribution in [3.05, 3.63) is 64.0 Å². The molecule has 0 aliphatic rings. The van der Waals surface area contributed by atoms with Crippen LogP contribution < -0.4 is 0 Å². The summed E-state index contributed by atoms with van der Waals surface area (Å²) in [5.74, 6) is -9.36. The van der Waals surface area contributed by atoms with E-state index in [4.69, 9.17) is 4.55 Å². The summed E-state index contributed by atoms with van der Waals surface area (Å²) in [6.45, 7) is 3.74. The maximum Gasteiger partial charge on any atom is 0.420 e. The number of hydrogen-bond acceptors (Lipinski definition) is 3. The first-order chi connectivity index (χ1) is 13.2. The van der Waals surface area contributed by atoms with Crippen molar-refractivity contribution in [1.82, 2.24) is 0 Å². The summed E-state index contributed by atoms with van der Waals surface area (Å²) in [6, 6.07) is 5.05. The minimum atomic E-state index is -6.00. The molecule has 11 heteroatoms. The monoisotopic (exact) mass is 440 g/mol. The molecule has 29 heavy (non-hydrogen) atoms. The molecule has 0 spiro atoms. The molecule has 0 aliphatic carbocycles. The van der Waals surface area contributed by atoms with Gasteiger partial charge in [-0.2, -0.15) is 21.6 Å². The van der Waals surface area contributed by atoms with Gasteiger partial charge in [-0.3, -0.25) is 9.35 Å². The van der Waals surface area contributed by atoms with E-state index >= 15 is 0 Å². The summed E-state index contributed by atoms with van der Waals surface area (Å²) in [6.07, 6.45) is -5.12. The number of carbonyl (C=O) groups excluding carboxylic acids is 1. The van der Waals surface area contributed by atoms with Gasteiger partial charge >= 0.3 is 6.18 Å². The van der Waals surface area contributed by atoms with E-state index in [0.717, 1.165) is 24.1 Å². The Hall–Kier alpha value is -2.40. The van der Waals surface area contributed by atoms with E-state index in [-0.39, 0.29) is 5.92 Å². The molecule has 1 atom stereocenters. The Morgan fingerprint density at radius 3 is 1.97 bits per heavy atom. The van der Waals surface area contributed by atoms with Gasteiger partial charge < -0.3 is 0 Å². The first kappa shape index (κ1) is 22.9. The molecule has 0 radical (unpaired) electrons. The van der Waals surface area contributed by atoms with Crippen LogP contribution in [0, 0.1) is 17.5 Å². The summed E-state index contributed by atoms with van der Waals surface area (Å²) in [7, 11) is -6.00. The maximum atomic E-state index is 14.5. The van der Waals surface area contributed by atoms with Crippen LogP contribution in [0.1, 0.15) is 53.2 Å². The number of alkyl halides is 3. The Balaban J connectivity index is 2.77. The van der Waals surface area contributed by atoms with Gasteiger partial charge in [-0.1, -0.05) is 38.1 Å². The Bertz CT molecular complexity index is 1060. The Kier molecular flexibility index (Phi) is 6.15. The molecular weight excluding hydrogens is 426 g/mol. The zero-order chi connectivity index (χ0) is 22.3. The second-order valence-corrected chi connectivity index (χ2v) is 7.61. The first-order valence-electron chi connectivity index (χ1n) is 8.11. The smallest absolute Gasteiger partial charge is 0.288 e. The minimum Gasteiger partial charge on any atom is -0.288 e. The highest BCUT2D eigenvalue weighted by Crippen LogP contribution is 2.40. The van der Waals surface area contributed by atoms with Crippen molar-refractivity contribution in [3.8, 4) is 0 Å². The number of halogens is 6. The van der Waals surface area contributed by atoms with Crippen molar-refractivity contribution < 1.29 is 44.1 Å². The van der Waals surface area contributed by atoms with Crippen molar-refractivity contribution in [2.45, 2.75) is 37.3 Å². The Labute approximate surface area is 161 Å². The standard InChI is InChI=1S/C18H14F6O4S/c1-3-8(2)9-4-6-10(7-5-9)16(25)11-13(19)12(18(22,23)24)17(29(26,27)28)15(21)14(11)20/h4-8H,3H2,1-2H3,(H,26,27,28). The molecule has 2 rings (SSSR count). The summed E-state index contributed by atoms with van der Waals surface area (Å²) < 4.78 is 113. The number of carbonyl (C=O) groups is 1. The minimum absolute atomic E-state index is 0.0657. The van der Waals surface area contributed by atoms with Crippen LogP contribution in [-0.2, 0) is 16.3 Å². The molecule has 2 aromatic carbocycles. The highest BCUT2D eigenvalue weighted by molar-refractivity contribution is 7.85. The lowest BCUT2D eigenvalue weighted by molar-refractivity contribution is -0.142. The van der Waals surface area contributed by atoms with E-state index in [1.807, 2.05) is 13.8 Å². The Morgan fingerprint density at radius 2 is 1.55 bits per heavy atom. The lowest BCUT2D eigenvalue weighted by atomic mass is 9.94. The van der Waals surface area contributed by atoms with Crippen LogP contribution in [-0.4, -0.2) is 18.8 Å². The van der Waals surface area contributed by atoms with Gasteiger partial charge in [0.25, 0.3) is 10.1 Å². The van der Waals surface area contributed by atoms with Crippen LogP contribution in [0.4, 0.5) is 26.3 Å². The van der Waals surface area contributed by atoms with Gasteiger partial charge in [0.2, 0.25) is 0 Å². The summed E-state index contributed by atoms with van der Waals surface area (Å²) in [5, 5.41) is 0. The number of hydrogen-bond donors (Lipinski definition) is 1. The highest BCUT2D eigenvalue weighted by Gasteiger charge is 2.46. The van der Waals surface area contributed by atoms with Crippen LogP contribution >= 0.6 is 0 Å². The molecule has 2 aromatic rings. The molecule has 0 amide bonds. The van der Waals surface area contributed by atoms with Crippen molar-refractivity contribution in [2.24, 2.45) is 0 Å². The van der Waals surface area contributed by atoms with Gasteiger partial charge in [0.1, 0.15) is 10.5 Å². The zero-order valence-corrected chi connectivity index (χ0v) is 15.8. The van der Waals surface area contributed by atoms with E-state index in [2.05, 4.69) is 0 Å². The molecule has 0 heterocycles. The number of benzene rings is 2. The van der Waals surface area contributed by atoms with Crippen molar-refractivity contribution in [1.29, 1.82) is 0 Å². The molecule has 0 saturated carbocycles. The molecular formula is C18H14F6O4S. The van der Waals surface area contributed by atoms with Gasteiger partial charge in [-0.25, -0.2) is 13.2 Å². The van der Waals surface area contributed by atoms with Gasteiger partial charge in [0.15, 0.2) is 23.2 Å². The molecule has 0 aromatic heterocycles. The fourth-order valence-corrected chi connectivity index (χ4v) is 3.46. The fourth-order valence-electron chi connectivity index (χ4n) is 2.68. The fraction of sp³-hybridized carbons (Fsp3) is 0.278. The van der Waals surface area contributed by atoms with Crippen LogP contribution in [0.3, 0.4) is 0 Å². The van der Waals surface area contributed by atoms with E-state index in [1.54, 1.807) is 0 Å². The predicted octanol–water partition coefficient (Wildman–Crippen LogP) is 5.11. The van der Waals surface area contributed by atoms with Crippen LogP contribution in [0.25, 0.3) is 0 Å². The van der Waals surface area contributed by atoms with Gasteiger partial charge in [-0.05, 0) is 17.9 Å². The topological polar surface area (TPSA) is 71.4 Å².